The molecule has 0 amide bonds. The normalized spacial score (nSPS) is 15.9. The van der Waals surface area contributed by atoms with Gasteiger partial charge in [0, 0.05) is 25.2 Å². The number of nitrogens with zero attached hydrogens (tertiary/aromatic N) is 3. The fourth-order valence-electron chi connectivity index (χ4n) is 3.32. The second-order valence-corrected chi connectivity index (χ2v) is 7.99. The predicted octanol–water partition coefficient (Wildman–Crippen LogP) is 3.41. The maximum Gasteiger partial charge on any atom is 0.275 e. The molecule has 4 aromatic rings. The van der Waals surface area contributed by atoms with Crippen molar-refractivity contribution in [2.75, 3.05) is 18.0 Å². The molecule has 5 nitrogen and oxygen atoms in total. The summed E-state index contributed by atoms with van der Waals surface area (Å²) in [6.07, 6.45) is 4.18. The summed E-state index contributed by atoms with van der Waals surface area (Å²) in [5.41, 5.74) is 1.63. The molecule has 25 heavy (non-hydrogen) atoms. The highest BCUT2D eigenvalue weighted by Gasteiger charge is 2.19. The molecule has 0 aliphatic carbocycles. The molecule has 0 bridgehead atoms. The predicted molar refractivity (Wildman–Crippen MR) is 103 cm³/mol. The Balaban J connectivity index is 1.64. The average molecular weight is 416 g/mol. The van der Waals surface area contributed by atoms with Crippen LogP contribution in [0.3, 0.4) is 0 Å². The summed E-state index contributed by atoms with van der Waals surface area (Å²) in [6, 6.07) is 9.61. The standard InChI is InChI=1S/C18H14BrN3O2S/c19-12-9-11(24-17(12)21-7-3-4-8-21)10-15-16(23)22-14-6-2-1-5-13(14)20-18(22)25-15/h1-2,5-6,9-10H,3-4,7-8H2/b15-10-. The van der Waals surface area contributed by atoms with Crippen LogP contribution in [0, 0.1) is 0 Å². The molecule has 1 aliphatic rings. The highest BCUT2D eigenvalue weighted by atomic mass is 79.9. The van der Waals surface area contributed by atoms with E-state index in [1.165, 1.54) is 24.2 Å². The first kappa shape index (κ1) is 15.2. The Morgan fingerprint density at radius 3 is 2.88 bits per heavy atom. The number of benzene rings is 1. The van der Waals surface area contributed by atoms with Gasteiger partial charge in [0.25, 0.3) is 5.56 Å². The van der Waals surface area contributed by atoms with Crippen molar-refractivity contribution in [3.63, 3.8) is 0 Å². The van der Waals surface area contributed by atoms with Gasteiger partial charge in [-0.2, -0.15) is 0 Å². The van der Waals surface area contributed by atoms with Crippen LogP contribution in [0.4, 0.5) is 5.88 Å². The smallest absolute Gasteiger partial charge is 0.275 e. The van der Waals surface area contributed by atoms with Crippen molar-refractivity contribution in [3.05, 3.63) is 55.5 Å². The third-order valence-electron chi connectivity index (χ3n) is 4.50. The summed E-state index contributed by atoms with van der Waals surface area (Å²) in [5.74, 6) is 1.53. The number of hydrogen-bond acceptors (Lipinski definition) is 5. The number of aromatic nitrogens is 2. The summed E-state index contributed by atoms with van der Waals surface area (Å²) >= 11 is 4.96. The third kappa shape index (κ3) is 2.41. The third-order valence-corrected chi connectivity index (χ3v) is 6.04. The SMILES string of the molecule is O=c1/c(=C/c2cc(Br)c(N3CCCC3)o2)sc2nc3ccccc3n12. The minimum absolute atomic E-state index is 0.0519. The zero-order valence-corrected chi connectivity index (χ0v) is 15.6. The lowest BCUT2D eigenvalue weighted by atomic mass is 10.3. The maximum atomic E-state index is 12.8. The molecular weight excluding hydrogens is 402 g/mol. The number of hydrogen-bond donors (Lipinski definition) is 0. The van der Waals surface area contributed by atoms with Crippen LogP contribution in [-0.2, 0) is 0 Å². The lowest BCUT2D eigenvalue weighted by Crippen LogP contribution is -2.22. The van der Waals surface area contributed by atoms with Crippen molar-refractivity contribution in [1.29, 1.82) is 0 Å². The van der Waals surface area contributed by atoms with Crippen molar-refractivity contribution in [3.8, 4) is 0 Å². The van der Waals surface area contributed by atoms with Gasteiger partial charge in [-0.1, -0.05) is 23.5 Å². The number of furan rings is 1. The Morgan fingerprint density at radius 2 is 2.04 bits per heavy atom. The van der Waals surface area contributed by atoms with Crippen LogP contribution in [0.2, 0.25) is 0 Å². The summed E-state index contributed by atoms with van der Waals surface area (Å²) in [6.45, 7) is 2.02. The van der Waals surface area contributed by atoms with Gasteiger partial charge >= 0.3 is 0 Å². The van der Waals surface area contributed by atoms with Crippen LogP contribution >= 0.6 is 27.3 Å². The van der Waals surface area contributed by atoms with Gasteiger partial charge in [-0.25, -0.2) is 9.38 Å². The molecule has 0 radical (unpaired) electrons. The van der Waals surface area contributed by atoms with E-state index < -0.39 is 0 Å². The first-order chi connectivity index (χ1) is 12.2. The van der Waals surface area contributed by atoms with Crippen LogP contribution in [-0.4, -0.2) is 22.5 Å². The number of rotatable bonds is 2. The Hall–Kier alpha value is -2.12. The Bertz CT molecular complexity index is 1200. The van der Waals surface area contributed by atoms with Gasteiger partial charge in [0.1, 0.15) is 10.3 Å². The molecule has 0 unspecified atom stereocenters. The number of fused-ring (bicyclic) bond motifs is 3. The fraction of sp³-hybridized carbons (Fsp3) is 0.222. The van der Waals surface area contributed by atoms with Gasteiger partial charge in [-0.3, -0.25) is 4.79 Å². The highest BCUT2D eigenvalue weighted by Crippen LogP contribution is 2.32. The first-order valence-electron chi connectivity index (χ1n) is 8.17. The zero-order valence-electron chi connectivity index (χ0n) is 13.2. The number of para-hydroxylation sites is 2. The minimum Gasteiger partial charge on any atom is -0.440 e. The van der Waals surface area contributed by atoms with Gasteiger partial charge in [0.15, 0.2) is 4.96 Å². The van der Waals surface area contributed by atoms with E-state index in [-0.39, 0.29) is 5.56 Å². The Morgan fingerprint density at radius 1 is 1.24 bits per heavy atom. The second kappa shape index (κ2) is 5.71. The van der Waals surface area contributed by atoms with E-state index in [4.69, 9.17) is 4.42 Å². The molecule has 1 aromatic carbocycles. The molecule has 5 rings (SSSR count). The van der Waals surface area contributed by atoms with Crippen LogP contribution in [0.5, 0.6) is 0 Å². The number of halogens is 1. The summed E-state index contributed by atoms with van der Waals surface area (Å²) in [7, 11) is 0. The first-order valence-corrected chi connectivity index (χ1v) is 9.78. The van der Waals surface area contributed by atoms with Crippen molar-refractivity contribution in [1.82, 2.24) is 9.38 Å². The monoisotopic (exact) mass is 415 g/mol. The van der Waals surface area contributed by atoms with Gasteiger partial charge in [-0.15, -0.1) is 0 Å². The van der Waals surface area contributed by atoms with E-state index in [2.05, 4.69) is 25.8 Å². The van der Waals surface area contributed by atoms with Gasteiger partial charge in [0.2, 0.25) is 5.88 Å². The zero-order chi connectivity index (χ0) is 17.0. The summed E-state index contributed by atoms with van der Waals surface area (Å²) in [4.78, 5) is 20.3. The van der Waals surface area contributed by atoms with Crippen LogP contribution in [0.1, 0.15) is 18.6 Å². The van der Waals surface area contributed by atoms with E-state index >= 15 is 0 Å². The maximum absolute atomic E-state index is 12.8. The molecule has 7 heteroatoms. The van der Waals surface area contributed by atoms with E-state index in [0.717, 1.165) is 34.5 Å². The molecular formula is C18H14BrN3O2S. The van der Waals surface area contributed by atoms with Crippen molar-refractivity contribution < 1.29 is 4.42 Å². The van der Waals surface area contributed by atoms with Gasteiger partial charge in [-0.05, 0) is 40.9 Å². The van der Waals surface area contributed by atoms with Gasteiger partial charge < -0.3 is 9.32 Å². The molecule has 0 saturated carbocycles. The quantitative estimate of drug-likeness (QED) is 0.503. The topological polar surface area (TPSA) is 50.8 Å². The number of imidazole rings is 1. The molecule has 3 aromatic heterocycles. The van der Waals surface area contributed by atoms with Gasteiger partial charge in [0.05, 0.1) is 15.5 Å². The number of anilines is 1. The Labute approximate surface area is 155 Å². The molecule has 1 fully saturated rings. The lowest BCUT2D eigenvalue weighted by molar-refractivity contribution is 0.546. The number of thiazole rings is 1. The summed E-state index contributed by atoms with van der Waals surface area (Å²) < 4.78 is 9.21. The molecule has 1 aliphatic heterocycles. The molecule has 0 atom stereocenters. The van der Waals surface area contributed by atoms with Crippen molar-refractivity contribution in [2.45, 2.75) is 12.8 Å². The lowest BCUT2D eigenvalue weighted by Gasteiger charge is -2.13. The van der Waals surface area contributed by atoms with E-state index in [1.54, 1.807) is 10.5 Å². The molecule has 126 valence electrons. The molecule has 0 N–H and O–H groups in total. The largest absolute Gasteiger partial charge is 0.440 e. The summed E-state index contributed by atoms with van der Waals surface area (Å²) in [5, 5.41) is 0. The van der Waals surface area contributed by atoms with E-state index in [0.29, 0.717) is 15.3 Å². The van der Waals surface area contributed by atoms with E-state index in [9.17, 15) is 4.79 Å². The molecule has 0 spiro atoms. The van der Waals surface area contributed by atoms with E-state index in [1.807, 2.05) is 30.3 Å². The fourth-order valence-corrected chi connectivity index (χ4v) is 4.85. The van der Waals surface area contributed by atoms with Crippen LogP contribution in [0.15, 0.2) is 44.0 Å². The molecule has 1 saturated heterocycles. The highest BCUT2D eigenvalue weighted by molar-refractivity contribution is 9.10. The Kier molecular flexibility index (Phi) is 3.46. The minimum atomic E-state index is -0.0519. The van der Waals surface area contributed by atoms with Crippen molar-refractivity contribution >= 4 is 55.2 Å². The molecule has 4 heterocycles. The van der Waals surface area contributed by atoms with Crippen molar-refractivity contribution in [2.24, 2.45) is 0 Å². The second-order valence-electron chi connectivity index (χ2n) is 6.13. The average Bonchev–Trinajstić information content (AvgIpc) is 3.34. The van der Waals surface area contributed by atoms with Crippen LogP contribution in [0.25, 0.3) is 22.1 Å². The van der Waals surface area contributed by atoms with Crippen LogP contribution < -0.4 is 15.0 Å².